The third kappa shape index (κ3) is 4.21. The first-order valence-corrected chi connectivity index (χ1v) is 14.1. The third-order valence-electron chi connectivity index (χ3n) is 9.08. The van der Waals surface area contributed by atoms with Crippen LogP contribution >= 0.6 is 0 Å². The van der Waals surface area contributed by atoms with Gasteiger partial charge in [0.15, 0.2) is 0 Å². The molecule has 1 aliphatic heterocycles. The number of hydrogen-bond acceptors (Lipinski definition) is 4. The first kappa shape index (κ1) is 25.4. The lowest BCUT2D eigenvalue weighted by molar-refractivity contribution is -0.136. The number of fused-ring (bicyclic) bond motifs is 1. The van der Waals surface area contributed by atoms with E-state index in [1.54, 1.807) is 19.1 Å². The normalized spacial score (nSPS) is 18.8. The molecule has 206 valence electrons. The zero-order chi connectivity index (χ0) is 27.8. The molecule has 7 heteroatoms. The number of anilines is 1. The van der Waals surface area contributed by atoms with E-state index in [-0.39, 0.29) is 10.8 Å². The molecule has 0 radical (unpaired) electrons. The maximum Gasteiger partial charge on any atom is 0.417 e. The monoisotopic (exact) mass is 543 g/mol. The van der Waals surface area contributed by atoms with E-state index in [2.05, 4.69) is 53.2 Å². The Morgan fingerprint density at radius 1 is 0.950 bits per heavy atom. The lowest BCUT2D eigenvalue weighted by atomic mass is 9.63. The van der Waals surface area contributed by atoms with Gasteiger partial charge in [-0.05, 0) is 99.3 Å². The quantitative estimate of drug-likeness (QED) is 0.258. The van der Waals surface area contributed by atoms with E-state index in [4.69, 9.17) is 4.52 Å². The molecule has 0 N–H and O–H groups in total. The smallest absolute Gasteiger partial charge is 0.371 e. The molecule has 3 aliphatic rings. The van der Waals surface area contributed by atoms with Gasteiger partial charge < -0.3 is 9.42 Å². The summed E-state index contributed by atoms with van der Waals surface area (Å²) in [6.07, 6.45) is 3.25. The van der Waals surface area contributed by atoms with E-state index in [1.807, 2.05) is 6.07 Å². The maximum atomic E-state index is 13.8. The Bertz CT molecular complexity index is 1650. The van der Waals surface area contributed by atoms with Gasteiger partial charge in [0.25, 0.3) is 0 Å². The van der Waals surface area contributed by atoms with Crippen LogP contribution in [0.15, 0.2) is 53.1 Å². The van der Waals surface area contributed by atoms with E-state index in [0.717, 1.165) is 68.4 Å². The third-order valence-corrected chi connectivity index (χ3v) is 9.08. The summed E-state index contributed by atoms with van der Waals surface area (Å²) >= 11 is 0. The number of alkyl halides is 3. The fourth-order valence-electron chi connectivity index (χ4n) is 6.79. The van der Waals surface area contributed by atoms with Gasteiger partial charge in [0.1, 0.15) is 11.5 Å². The SMILES string of the molecule is Cc1cc(C(F)(F)F)c2cc(N3CCC4(C=C(c5c(-c6c(C)cccc6C)noc5C5CC5)C4)CC3)ccc2n1. The minimum Gasteiger partial charge on any atom is -0.371 e. The van der Waals surface area contributed by atoms with E-state index >= 15 is 0 Å². The second-order valence-electron chi connectivity index (χ2n) is 12.0. The minimum absolute atomic E-state index is 0.120. The van der Waals surface area contributed by atoms with Crippen molar-refractivity contribution in [3.63, 3.8) is 0 Å². The van der Waals surface area contributed by atoms with Gasteiger partial charge in [-0.25, -0.2) is 0 Å². The molecule has 7 rings (SSSR count). The molecular weight excluding hydrogens is 511 g/mol. The number of piperidine rings is 1. The summed E-state index contributed by atoms with van der Waals surface area (Å²) in [6.45, 7) is 7.47. The topological polar surface area (TPSA) is 42.2 Å². The number of allylic oxidation sites excluding steroid dienone is 2. The zero-order valence-corrected chi connectivity index (χ0v) is 23.0. The van der Waals surface area contributed by atoms with Gasteiger partial charge in [0.05, 0.1) is 11.1 Å². The molecule has 3 heterocycles. The highest BCUT2D eigenvalue weighted by atomic mass is 19.4. The Balaban J connectivity index is 1.15. The molecule has 2 aromatic heterocycles. The van der Waals surface area contributed by atoms with Crippen molar-refractivity contribution in [3.05, 3.63) is 82.2 Å². The molecule has 1 saturated carbocycles. The predicted molar refractivity (Wildman–Crippen MR) is 151 cm³/mol. The number of hydrogen-bond donors (Lipinski definition) is 0. The first-order valence-electron chi connectivity index (χ1n) is 14.1. The van der Waals surface area contributed by atoms with E-state index in [1.165, 1.54) is 27.8 Å². The molecule has 0 unspecified atom stereocenters. The van der Waals surface area contributed by atoms with Crippen molar-refractivity contribution in [2.45, 2.75) is 65.0 Å². The van der Waals surface area contributed by atoms with Crippen molar-refractivity contribution >= 4 is 22.2 Å². The van der Waals surface area contributed by atoms with Crippen molar-refractivity contribution in [1.82, 2.24) is 10.1 Å². The highest BCUT2D eigenvalue weighted by Gasteiger charge is 2.44. The van der Waals surface area contributed by atoms with Crippen LogP contribution in [0, 0.1) is 26.2 Å². The average molecular weight is 544 g/mol. The number of rotatable bonds is 4. The Labute approximate surface area is 231 Å². The summed E-state index contributed by atoms with van der Waals surface area (Å²) < 4.78 is 47.3. The van der Waals surface area contributed by atoms with E-state index in [9.17, 15) is 13.2 Å². The van der Waals surface area contributed by atoms with Crippen LogP contribution < -0.4 is 4.90 Å². The maximum absolute atomic E-state index is 13.8. The van der Waals surface area contributed by atoms with Crippen LogP contribution in [-0.4, -0.2) is 23.2 Å². The zero-order valence-electron chi connectivity index (χ0n) is 23.0. The van der Waals surface area contributed by atoms with E-state index < -0.39 is 11.7 Å². The molecule has 2 fully saturated rings. The second kappa shape index (κ2) is 8.95. The molecule has 1 saturated heterocycles. The van der Waals surface area contributed by atoms with Gasteiger partial charge in [-0.1, -0.05) is 29.4 Å². The summed E-state index contributed by atoms with van der Waals surface area (Å²) in [6, 6.07) is 12.8. The molecule has 40 heavy (non-hydrogen) atoms. The second-order valence-corrected chi connectivity index (χ2v) is 12.0. The Kier molecular flexibility index (Phi) is 5.67. The van der Waals surface area contributed by atoms with Crippen LogP contribution in [0.2, 0.25) is 0 Å². The number of aryl methyl sites for hydroxylation is 3. The summed E-state index contributed by atoms with van der Waals surface area (Å²) in [5.74, 6) is 1.50. The molecule has 0 amide bonds. The molecule has 0 atom stereocenters. The highest BCUT2D eigenvalue weighted by Crippen LogP contribution is 2.56. The molecule has 4 nitrogen and oxygen atoms in total. The van der Waals surface area contributed by atoms with Gasteiger partial charge in [0.2, 0.25) is 0 Å². The van der Waals surface area contributed by atoms with Crippen molar-refractivity contribution in [2.24, 2.45) is 5.41 Å². The average Bonchev–Trinajstić information content (AvgIpc) is 3.65. The molecule has 1 spiro atoms. The van der Waals surface area contributed by atoms with Crippen molar-refractivity contribution in [3.8, 4) is 11.3 Å². The molecule has 0 bridgehead atoms. The molecule has 2 aliphatic carbocycles. The lowest BCUT2D eigenvalue weighted by Gasteiger charge is -2.47. The Morgan fingerprint density at radius 3 is 2.30 bits per heavy atom. The van der Waals surface area contributed by atoms with Crippen LogP contribution in [0.4, 0.5) is 18.9 Å². The Morgan fingerprint density at radius 2 is 1.65 bits per heavy atom. The fourth-order valence-corrected chi connectivity index (χ4v) is 6.79. The highest BCUT2D eigenvalue weighted by molar-refractivity contribution is 5.87. The van der Waals surface area contributed by atoms with Gasteiger partial charge in [-0.2, -0.15) is 13.2 Å². The minimum atomic E-state index is -4.42. The largest absolute Gasteiger partial charge is 0.417 e. The fraction of sp³-hybridized carbons (Fsp3) is 0.394. The van der Waals surface area contributed by atoms with Gasteiger partial charge in [0, 0.05) is 46.9 Å². The number of aromatic nitrogens is 2. The number of pyridine rings is 1. The molecule has 2 aromatic carbocycles. The molecule has 4 aromatic rings. The molecular formula is C33H32F3N3O. The van der Waals surface area contributed by atoms with Crippen molar-refractivity contribution < 1.29 is 17.7 Å². The summed E-state index contributed by atoms with van der Waals surface area (Å²) in [7, 11) is 0. The van der Waals surface area contributed by atoms with Crippen LogP contribution in [0.1, 0.15) is 71.7 Å². The van der Waals surface area contributed by atoms with E-state index in [0.29, 0.717) is 17.1 Å². The number of nitrogens with zero attached hydrogens (tertiary/aromatic N) is 3. The Hall–Kier alpha value is -3.61. The number of benzene rings is 2. The van der Waals surface area contributed by atoms with Gasteiger partial charge in [-0.15, -0.1) is 0 Å². The first-order chi connectivity index (χ1) is 19.1. The van der Waals surface area contributed by atoms with Crippen molar-refractivity contribution in [2.75, 3.05) is 18.0 Å². The standard InChI is InChI=1S/C33H32F3N3O/c1-19-5-4-6-20(2)28(19)30-29(31(40-38-30)22-7-8-22)23-17-32(18-23)11-13-39(14-12-32)24-9-10-27-25(16-24)26(33(34,35)36)15-21(3)37-27/h4-6,9-10,15-17,22H,7-8,11-14,18H2,1-3H3. The van der Waals surface area contributed by atoms with Crippen molar-refractivity contribution in [1.29, 1.82) is 0 Å². The van der Waals surface area contributed by atoms with Crippen LogP contribution in [0.25, 0.3) is 27.7 Å². The van der Waals surface area contributed by atoms with Gasteiger partial charge in [-0.3, -0.25) is 4.98 Å². The predicted octanol–water partition coefficient (Wildman–Crippen LogP) is 8.79. The summed E-state index contributed by atoms with van der Waals surface area (Å²) in [5.41, 5.74) is 8.17. The van der Waals surface area contributed by atoms with Crippen LogP contribution in [0.3, 0.4) is 0 Å². The summed E-state index contributed by atoms with van der Waals surface area (Å²) in [4.78, 5) is 6.55. The van der Waals surface area contributed by atoms with Crippen LogP contribution in [0.5, 0.6) is 0 Å². The number of halogens is 3. The van der Waals surface area contributed by atoms with Crippen LogP contribution in [-0.2, 0) is 6.18 Å². The lowest BCUT2D eigenvalue weighted by Crippen LogP contribution is -2.42. The summed E-state index contributed by atoms with van der Waals surface area (Å²) in [5, 5.41) is 4.77. The van der Waals surface area contributed by atoms with Gasteiger partial charge >= 0.3 is 6.18 Å².